The second-order valence-electron chi connectivity index (χ2n) is 6.89. The maximum Gasteiger partial charge on any atom is 0.472 e. The van der Waals surface area contributed by atoms with Gasteiger partial charge in [0.15, 0.2) is 0 Å². The molecule has 0 aromatic heterocycles. The van der Waals surface area contributed by atoms with E-state index in [0.29, 0.717) is 5.69 Å². The Balaban J connectivity index is 2.72. The van der Waals surface area contributed by atoms with Crippen molar-refractivity contribution in [3.63, 3.8) is 0 Å². The molecule has 0 aliphatic carbocycles. The molecule has 0 spiro atoms. The van der Waals surface area contributed by atoms with Crippen LogP contribution in [0.3, 0.4) is 0 Å². The molecule has 27 heavy (non-hydrogen) atoms. The number of nitrogens with zero attached hydrogens (tertiary/aromatic N) is 1. The molecule has 0 bridgehead atoms. The van der Waals surface area contributed by atoms with E-state index >= 15 is 0 Å². The van der Waals surface area contributed by atoms with Gasteiger partial charge in [0.25, 0.3) is 0 Å². The maximum atomic E-state index is 11.9. The molecule has 0 heterocycles. The summed E-state index contributed by atoms with van der Waals surface area (Å²) >= 11 is 0. The summed E-state index contributed by atoms with van der Waals surface area (Å²) in [5, 5.41) is 24.6. The Labute approximate surface area is 157 Å². The van der Waals surface area contributed by atoms with Crippen molar-refractivity contribution in [2.45, 2.75) is 12.1 Å². The van der Waals surface area contributed by atoms with Crippen LogP contribution in [0, 0.1) is 0 Å². The van der Waals surface area contributed by atoms with Crippen LogP contribution < -0.4 is 10.6 Å². The number of carbonyl (C=O) groups excluding carboxylic acids is 1. The van der Waals surface area contributed by atoms with E-state index < -0.39 is 39.1 Å². The molecule has 0 aliphatic heterocycles. The topological polar surface area (TPSA) is 158 Å². The molecule has 0 aliphatic rings. The molecule has 11 nitrogen and oxygen atoms in total. The highest BCUT2D eigenvalue weighted by molar-refractivity contribution is 7.46. The number of amides is 2. The zero-order valence-electron chi connectivity index (χ0n) is 15.4. The van der Waals surface area contributed by atoms with Gasteiger partial charge in [0.1, 0.15) is 6.54 Å². The molecule has 2 unspecified atom stereocenters. The van der Waals surface area contributed by atoms with E-state index in [1.165, 1.54) is 0 Å². The van der Waals surface area contributed by atoms with Crippen molar-refractivity contribution in [3.8, 4) is 0 Å². The monoisotopic (exact) mass is 408 g/mol. The number of aliphatic hydroxyl groups is 2. The molecule has 2 atom stereocenters. The zero-order chi connectivity index (χ0) is 20.7. The minimum Gasteiger partial charge on any atom is -0.391 e. The van der Waals surface area contributed by atoms with E-state index in [2.05, 4.69) is 15.2 Å². The van der Waals surface area contributed by atoms with Crippen LogP contribution >= 0.6 is 7.82 Å². The number of phosphoric ester groups is 1. The summed E-state index contributed by atoms with van der Waals surface area (Å²) in [5.41, 5.74) is 0.510. The van der Waals surface area contributed by atoms with E-state index in [1.54, 1.807) is 51.5 Å². The Hall–Kier alpha value is -1.56. The van der Waals surface area contributed by atoms with Crippen molar-refractivity contribution < 1.29 is 43.1 Å². The zero-order valence-corrected chi connectivity index (χ0v) is 16.3. The van der Waals surface area contributed by atoms with E-state index in [0.717, 1.165) is 0 Å². The third-order valence-corrected chi connectivity index (χ3v) is 3.62. The highest BCUT2D eigenvalue weighted by atomic mass is 31.2. The van der Waals surface area contributed by atoms with Crippen molar-refractivity contribution in [3.05, 3.63) is 30.3 Å². The van der Waals surface area contributed by atoms with Crippen molar-refractivity contribution in [1.82, 2.24) is 5.32 Å². The van der Waals surface area contributed by atoms with Crippen LogP contribution in [0.4, 0.5) is 10.5 Å². The summed E-state index contributed by atoms with van der Waals surface area (Å²) < 4.78 is 21.0. The number of rotatable bonds is 10. The number of likely N-dealkylation sites (N-methyl/N-ethyl adjacent to an activating group) is 1. The fourth-order valence-corrected chi connectivity index (χ4v) is 2.40. The highest BCUT2D eigenvalue weighted by Crippen LogP contribution is 2.38. The maximum absolute atomic E-state index is 11.9. The van der Waals surface area contributed by atoms with E-state index in [9.17, 15) is 19.6 Å². The molecule has 154 valence electrons. The molecule has 1 aromatic rings. The number of benzene rings is 1. The number of quaternary nitrogens is 1. The van der Waals surface area contributed by atoms with Gasteiger partial charge in [-0.15, -0.1) is 0 Å². The Morgan fingerprint density at radius 2 is 1.85 bits per heavy atom. The average Bonchev–Trinajstić information content (AvgIpc) is 2.50. The number of para-hydroxylation sites is 1. The van der Waals surface area contributed by atoms with Crippen LogP contribution in [0.5, 0.6) is 0 Å². The summed E-state index contributed by atoms with van der Waals surface area (Å²) in [4.78, 5) is 29.9. The number of carbonyl (C=O) groups is 1. The Morgan fingerprint density at radius 1 is 1.26 bits per heavy atom. The van der Waals surface area contributed by atoms with Gasteiger partial charge in [0.05, 0.1) is 34.3 Å². The van der Waals surface area contributed by atoms with E-state index in [4.69, 9.17) is 14.5 Å². The van der Waals surface area contributed by atoms with Crippen LogP contribution in [0.15, 0.2) is 30.3 Å². The lowest BCUT2D eigenvalue weighted by molar-refractivity contribution is -0.876. The van der Waals surface area contributed by atoms with Crippen LogP contribution in [0.2, 0.25) is 0 Å². The molecule has 0 saturated carbocycles. The first-order valence-corrected chi connectivity index (χ1v) is 9.50. The van der Waals surface area contributed by atoms with Gasteiger partial charge in [0, 0.05) is 5.69 Å². The second kappa shape index (κ2) is 9.58. The third kappa shape index (κ3) is 10.4. The first kappa shape index (κ1) is 23.5. The van der Waals surface area contributed by atoms with Crippen molar-refractivity contribution in [2.75, 3.05) is 46.2 Å². The highest BCUT2D eigenvalue weighted by Gasteiger charge is 2.37. The van der Waals surface area contributed by atoms with Gasteiger partial charge in [-0.2, -0.15) is 0 Å². The predicted molar refractivity (Wildman–Crippen MR) is 96.4 cm³/mol. The van der Waals surface area contributed by atoms with Gasteiger partial charge < -0.3 is 39.9 Å². The van der Waals surface area contributed by atoms with Crippen molar-refractivity contribution >= 4 is 19.5 Å². The molecule has 0 fully saturated rings. The first-order valence-electron chi connectivity index (χ1n) is 7.97. The summed E-state index contributed by atoms with van der Waals surface area (Å²) in [6.45, 7) is -1.55. The van der Waals surface area contributed by atoms with Crippen molar-refractivity contribution in [1.29, 1.82) is 0 Å². The first-order chi connectivity index (χ1) is 12.3. The number of phosphoric acid groups is 1. The summed E-state index contributed by atoms with van der Waals surface area (Å²) in [6, 6.07) is 7.85. The normalized spacial score (nSPS) is 15.7. The Morgan fingerprint density at radius 3 is 2.33 bits per heavy atom. The molecule has 2 amide bonds. The minimum absolute atomic E-state index is 0.0520. The molecular weight excluding hydrogens is 381 g/mol. The van der Waals surface area contributed by atoms with Crippen LogP contribution in [0.1, 0.15) is 0 Å². The Bertz CT molecular complexity index is 648. The lowest BCUT2D eigenvalue weighted by Gasteiger charge is -2.34. The van der Waals surface area contributed by atoms with Gasteiger partial charge in [0.2, 0.25) is 12.1 Å². The molecule has 0 saturated heterocycles. The lowest BCUT2D eigenvalue weighted by atomic mass is 10.3. The number of anilines is 1. The molecule has 1 aromatic carbocycles. The molecule has 1 rings (SSSR count). The fourth-order valence-electron chi connectivity index (χ4n) is 1.99. The second-order valence-corrected chi connectivity index (χ2v) is 8.09. The summed E-state index contributed by atoms with van der Waals surface area (Å²) in [7, 11) is 0.218. The van der Waals surface area contributed by atoms with Gasteiger partial charge in [-0.1, -0.05) is 18.2 Å². The standard InChI is InChI=1S/C15H26N3O8P/c1-18(2,3)9-13(26-27(22,23)24)25-15(21,11-19)10-16-14(20)17-12-7-5-4-6-8-12/h4-8,13,19,21H,9-11H2,1-3H3,(H3-,16,17,20,22,23,24)/p+1. The largest absolute Gasteiger partial charge is 0.472 e. The average molecular weight is 408 g/mol. The smallest absolute Gasteiger partial charge is 0.391 e. The van der Waals surface area contributed by atoms with Crippen LogP contribution in [-0.4, -0.2) is 83.4 Å². The van der Waals surface area contributed by atoms with E-state index in [-0.39, 0.29) is 11.0 Å². The van der Waals surface area contributed by atoms with Crippen molar-refractivity contribution in [2.24, 2.45) is 0 Å². The van der Waals surface area contributed by atoms with Crippen LogP contribution in [-0.2, 0) is 13.8 Å². The lowest BCUT2D eigenvalue weighted by Crippen LogP contribution is -2.53. The van der Waals surface area contributed by atoms with Gasteiger partial charge in [-0.25, -0.2) is 9.36 Å². The molecule has 6 N–H and O–H groups in total. The number of hydrogen-bond acceptors (Lipinski definition) is 6. The predicted octanol–water partition coefficient (Wildman–Crippen LogP) is -0.353. The number of hydrogen-bond donors (Lipinski definition) is 6. The number of ether oxygens (including phenoxy) is 1. The quantitative estimate of drug-likeness (QED) is 0.174. The number of urea groups is 1. The molecule has 12 heteroatoms. The SMILES string of the molecule is C[N+](C)(C)CC(OC(O)(CO)CNC(=O)Nc1ccccc1)OP(=O)(O)O. The Kier molecular flexibility index (Phi) is 8.33. The summed E-state index contributed by atoms with van der Waals surface area (Å²) in [6.07, 6.45) is -1.54. The third-order valence-electron chi connectivity index (χ3n) is 3.11. The fraction of sp³-hybridized carbons (Fsp3) is 0.533. The van der Waals surface area contributed by atoms with Gasteiger partial charge in [-0.3, -0.25) is 4.52 Å². The molecular formula is C15H27N3O8P+. The minimum atomic E-state index is -4.92. The molecule has 0 radical (unpaired) electrons. The van der Waals surface area contributed by atoms with E-state index in [1.807, 2.05) is 0 Å². The van der Waals surface area contributed by atoms with Gasteiger partial charge in [-0.05, 0) is 12.1 Å². The number of aliphatic hydroxyl groups excluding tert-OH is 1. The van der Waals surface area contributed by atoms with Gasteiger partial charge >= 0.3 is 13.9 Å². The van der Waals surface area contributed by atoms with Crippen LogP contribution in [0.25, 0.3) is 0 Å². The number of nitrogens with one attached hydrogen (secondary N) is 2. The summed E-state index contributed by atoms with van der Waals surface area (Å²) in [5.74, 6) is -2.32.